The van der Waals surface area contributed by atoms with Gasteiger partial charge in [0, 0.05) is 28.7 Å². The summed E-state index contributed by atoms with van der Waals surface area (Å²) in [5, 5.41) is 5.53. The molecule has 3 rings (SSSR count). The van der Waals surface area contributed by atoms with E-state index >= 15 is 0 Å². The maximum absolute atomic E-state index is 13.9. The van der Waals surface area contributed by atoms with Crippen molar-refractivity contribution in [2.45, 2.75) is 20.4 Å². The lowest BCUT2D eigenvalue weighted by molar-refractivity contribution is -0.116. The Hall–Kier alpha value is -3.19. The first-order valence-corrected chi connectivity index (χ1v) is 8.86. The summed E-state index contributed by atoms with van der Waals surface area (Å²) in [5.74, 6) is -0.644. The van der Waals surface area contributed by atoms with Gasteiger partial charge in [-0.15, -0.1) is 0 Å². The predicted molar refractivity (Wildman–Crippen MR) is 106 cm³/mol. The predicted octanol–water partition coefficient (Wildman–Crippen LogP) is 4.18. The molecule has 0 atom stereocenters. The van der Waals surface area contributed by atoms with Crippen molar-refractivity contribution in [3.05, 3.63) is 76.6 Å². The van der Waals surface area contributed by atoms with Crippen molar-refractivity contribution in [1.82, 2.24) is 9.55 Å². The summed E-state index contributed by atoms with van der Waals surface area (Å²) in [6, 6.07) is 8.87. The normalized spacial score (nSPS) is 10.6. The maximum Gasteiger partial charge on any atom is 0.255 e. The summed E-state index contributed by atoms with van der Waals surface area (Å²) < 4.78 is 15.6. The van der Waals surface area contributed by atoms with Crippen LogP contribution in [0.25, 0.3) is 0 Å². The third kappa shape index (κ3) is 4.55. The number of aryl methyl sites for hydroxylation is 2. The average Bonchev–Trinajstić information content (AvgIpc) is 3.03. The molecule has 28 heavy (non-hydrogen) atoms. The third-order valence-corrected chi connectivity index (χ3v) is 4.43. The number of halogens is 2. The molecule has 6 nitrogen and oxygen atoms in total. The molecule has 0 bridgehead atoms. The molecule has 2 aromatic carbocycles. The van der Waals surface area contributed by atoms with Crippen LogP contribution < -0.4 is 10.6 Å². The van der Waals surface area contributed by atoms with Crippen molar-refractivity contribution in [3.63, 3.8) is 0 Å². The van der Waals surface area contributed by atoms with Crippen LogP contribution in [0.15, 0.2) is 48.8 Å². The van der Waals surface area contributed by atoms with Crippen molar-refractivity contribution < 1.29 is 14.0 Å². The Labute approximate surface area is 166 Å². The van der Waals surface area contributed by atoms with Gasteiger partial charge in [0.2, 0.25) is 5.91 Å². The van der Waals surface area contributed by atoms with E-state index in [4.69, 9.17) is 11.6 Å². The van der Waals surface area contributed by atoms with Crippen molar-refractivity contribution in [2.75, 3.05) is 10.6 Å². The minimum atomic E-state index is -0.628. The van der Waals surface area contributed by atoms with Crippen LogP contribution in [0, 0.1) is 19.7 Å². The van der Waals surface area contributed by atoms with E-state index in [0.29, 0.717) is 5.69 Å². The van der Waals surface area contributed by atoms with Gasteiger partial charge in [-0.2, -0.15) is 0 Å². The van der Waals surface area contributed by atoms with E-state index in [2.05, 4.69) is 15.6 Å². The molecule has 0 saturated heterocycles. The van der Waals surface area contributed by atoms with Gasteiger partial charge in [-0.05, 0) is 49.7 Å². The molecule has 8 heteroatoms. The Morgan fingerprint density at radius 3 is 2.57 bits per heavy atom. The van der Waals surface area contributed by atoms with Crippen LogP contribution in [0.2, 0.25) is 5.02 Å². The van der Waals surface area contributed by atoms with Gasteiger partial charge in [0.15, 0.2) is 0 Å². The number of amides is 2. The number of hydrogen-bond acceptors (Lipinski definition) is 3. The minimum Gasteiger partial charge on any atom is -0.326 e. The Morgan fingerprint density at radius 1 is 1.11 bits per heavy atom. The number of imidazole rings is 1. The van der Waals surface area contributed by atoms with E-state index < -0.39 is 11.7 Å². The number of aromatic nitrogens is 2. The van der Waals surface area contributed by atoms with Gasteiger partial charge in [-0.25, -0.2) is 9.37 Å². The van der Waals surface area contributed by atoms with Gasteiger partial charge in [-0.1, -0.05) is 17.7 Å². The molecule has 1 aromatic heterocycles. The first-order valence-electron chi connectivity index (χ1n) is 8.48. The number of anilines is 2. The monoisotopic (exact) mass is 400 g/mol. The van der Waals surface area contributed by atoms with Gasteiger partial charge in [0.05, 0.1) is 5.69 Å². The standard InChI is InChI=1S/C20H18ClFN4O2/c1-12-3-4-14(20(28)25-17-6-5-15(21)10-16(17)22)9-18(12)24-19(27)11-26-8-7-23-13(26)2/h3-10H,11H2,1-2H3,(H,24,27)(H,25,28). The number of carbonyl (C=O) groups excluding carboxylic acids is 2. The SMILES string of the molecule is Cc1ccc(C(=O)Nc2ccc(Cl)cc2F)cc1NC(=O)Cn1ccnc1C. The van der Waals surface area contributed by atoms with Crippen LogP contribution in [0.3, 0.4) is 0 Å². The molecular formula is C20H18ClFN4O2. The highest BCUT2D eigenvalue weighted by atomic mass is 35.5. The molecule has 0 radical (unpaired) electrons. The molecular weight excluding hydrogens is 383 g/mol. The highest BCUT2D eigenvalue weighted by Gasteiger charge is 2.13. The van der Waals surface area contributed by atoms with Crippen LogP contribution in [-0.4, -0.2) is 21.4 Å². The highest BCUT2D eigenvalue weighted by Crippen LogP contribution is 2.21. The summed E-state index contributed by atoms with van der Waals surface area (Å²) in [4.78, 5) is 28.9. The van der Waals surface area contributed by atoms with Gasteiger partial charge in [0.1, 0.15) is 18.2 Å². The lowest BCUT2D eigenvalue weighted by Gasteiger charge is -2.12. The zero-order valence-electron chi connectivity index (χ0n) is 15.3. The third-order valence-electron chi connectivity index (χ3n) is 4.19. The number of carbonyl (C=O) groups is 2. The van der Waals surface area contributed by atoms with Gasteiger partial charge >= 0.3 is 0 Å². The number of nitrogens with zero attached hydrogens (tertiary/aromatic N) is 2. The van der Waals surface area contributed by atoms with E-state index in [1.165, 1.54) is 12.1 Å². The van der Waals surface area contributed by atoms with E-state index in [1.807, 2.05) is 6.92 Å². The van der Waals surface area contributed by atoms with Gasteiger partial charge < -0.3 is 15.2 Å². The second kappa shape index (κ2) is 8.22. The first-order chi connectivity index (χ1) is 13.3. The van der Waals surface area contributed by atoms with Crippen LogP contribution in [0.4, 0.5) is 15.8 Å². The molecule has 0 aliphatic rings. The summed E-state index contributed by atoms with van der Waals surface area (Å²) >= 11 is 5.72. The Kier molecular flexibility index (Phi) is 5.75. The van der Waals surface area contributed by atoms with Crippen LogP contribution in [0.1, 0.15) is 21.7 Å². The minimum absolute atomic E-state index is 0.0242. The van der Waals surface area contributed by atoms with Crippen LogP contribution in [-0.2, 0) is 11.3 Å². The van der Waals surface area contributed by atoms with Crippen molar-refractivity contribution in [3.8, 4) is 0 Å². The average molecular weight is 401 g/mol. The second-order valence-corrected chi connectivity index (χ2v) is 6.69. The molecule has 3 aromatic rings. The quantitative estimate of drug-likeness (QED) is 0.674. The molecule has 0 spiro atoms. The van der Waals surface area contributed by atoms with Crippen LogP contribution in [0.5, 0.6) is 0 Å². The highest BCUT2D eigenvalue weighted by molar-refractivity contribution is 6.30. The molecule has 0 aliphatic carbocycles. The van der Waals surface area contributed by atoms with E-state index in [9.17, 15) is 14.0 Å². The molecule has 1 heterocycles. The van der Waals surface area contributed by atoms with Crippen molar-refractivity contribution in [1.29, 1.82) is 0 Å². The Bertz CT molecular complexity index is 1050. The molecule has 2 N–H and O–H groups in total. The number of nitrogens with one attached hydrogen (secondary N) is 2. The molecule has 0 aliphatic heterocycles. The summed E-state index contributed by atoms with van der Waals surface area (Å²) in [6.07, 6.45) is 3.33. The fraction of sp³-hybridized carbons (Fsp3) is 0.150. The fourth-order valence-corrected chi connectivity index (χ4v) is 2.76. The molecule has 2 amide bonds. The van der Waals surface area contributed by atoms with E-state index in [-0.39, 0.29) is 28.7 Å². The van der Waals surface area contributed by atoms with Gasteiger partial charge in [0.25, 0.3) is 5.91 Å². The Balaban J connectivity index is 1.74. The number of benzene rings is 2. The summed E-state index contributed by atoms with van der Waals surface area (Å²) in [7, 11) is 0. The van der Waals surface area contributed by atoms with E-state index in [1.54, 1.807) is 42.1 Å². The maximum atomic E-state index is 13.9. The largest absolute Gasteiger partial charge is 0.326 e. The first kappa shape index (κ1) is 19.6. The number of hydrogen-bond donors (Lipinski definition) is 2. The summed E-state index contributed by atoms with van der Waals surface area (Å²) in [5.41, 5.74) is 1.61. The topological polar surface area (TPSA) is 76.0 Å². The van der Waals surface area contributed by atoms with Crippen LogP contribution >= 0.6 is 11.6 Å². The summed E-state index contributed by atoms with van der Waals surface area (Å²) in [6.45, 7) is 3.73. The van der Waals surface area contributed by atoms with Crippen molar-refractivity contribution >= 4 is 34.8 Å². The zero-order chi connectivity index (χ0) is 20.3. The molecule has 0 fully saturated rings. The lowest BCUT2D eigenvalue weighted by atomic mass is 10.1. The second-order valence-electron chi connectivity index (χ2n) is 6.26. The number of rotatable bonds is 5. The lowest BCUT2D eigenvalue weighted by Crippen LogP contribution is -2.20. The molecule has 0 saturated carbocycles. The fourth-order valence-electron chi connectivity index (χ4n) is 2.60. The van der Waals surface area contributed by atoms with Gasteiger partial charge in [-0.3, -0.25) is 9.59 Å². The van der Waals surface area contributed by atoms with Crippen molar-refractivity contribution in [2.24, 2.45) is 0 Å². The molecule has 0 unspecified atom stereocenters. The smallest absolute Gasteiger partial charge is 0.255 e. The Morgan fingerprint density at radius 2 is 1.89 bits per heavy atom. The van der Waals surface area contributed by atoms with E-state index in [0.717, 1.165) is 17.5 Å². The molecule has 144 valence electrons. The zero-order valence-corrected chi connectivity index (χ0v) is 16.0.